The fourth-order valence-electron chi connectivity index (χ4n) is 2.47. The molecule has 3 N–H and O–H groups in total. The minimum atomic E-state index is -1.02. The van der Waals surface area contributed by atoms with E-state index >= 15 is 0 Å². The normalized spacial score (nSPS) is 12.7. The molecule has 0 saturated heterocycles. The smallest absolute Gasteiger partial charge is 0.412 e. The van der Waals surface area contributed by atoms with E-state index in [-0.39, 0.29) is 18.6 Å². The summed E-state index contributed by atoms with van der Waals surface area (Å²) >= 11 is 0. The third kappa shape index (κ3) is 5.41. The molecule has 2 aromatic carbocycles. The van der Waals surface area contributed by atoms with Gasteiger partial charge in [0, 0.05) is 25.8 Å². The van der Waals surface area contributed by atoms with Gasteiger partial charge < -0.3 is 19.7 Å². The van der Waals surface area contributed by atoms with Crippen molar-refractivity contribution in [3.05, 3.63) is 59.4 Å². The minimum Gasteiger partial charge on any atom is -0.505 e. The number of aliphatic hydroxyl groups excluding tert-OH is 1. The van der Waals surface area contributed by atoms with Gasteiger partial charge in [0.25, 0.3) is 0 Å². The van der Waals surface area contributed by atoms with Gasteiger partial charge in [0.1, 0.15) is 6.10 Å². The van der Waals surface area contributed by atoms with Crippen molar-refractivity contribution in [2.24, 2.45) is 0 Å². The van der Waals surface area contributed by atoms with E-state index in [2.05, 4.69) is 5.32 Å². The first-order valence-corrected chi connectivity index (χ1v) is 8.08. The third-order valence-corrected chi connectivity index (χ3v) is 3.85. The summed E-state index contributed by atoms with van der Waals surface area (Å²) in [5, 5.41) is 29.9. The van der Waals surface area contributed by atoms with Crippen LogP contribution in [-0.4, -0.2) is 36.1 Å². The zero-order chi connectivity index (χ0) is 19.8. The summed E-state index contributed by atoms with van der Waals surface area (Å²) in [5.74, 6) is -1.40. The molecule has 2 aromatic rings. The SMILES string of the molecule is CO[C@@H](CCO)[C@@H](OC(=O)Nc1ccc(C#N)cc1)c1ccc(O)c(F)c1. The predicted octanol–water partition coefficient (Wildman–Crippen LogP) is 3.09. The van der Waals surface area contributed by atoms with Gasteiger partial charge in [-0.3, -0.25) is 5.32 Å². The number of nitrogens with one attached hydrogen (secondary N) is 1. The number of halogens is 1. The summed E-state index contributed by atoms with van der Waals surface area (Å²) < 4.78 is 24.4. The highest BCUT2D eigenvalue weighted by atomic mass is 19.1. The van der Waals surface area contributed by atoms with Crippen LogP contribution in [0.3, 0.4) is 0 Å². The average molecular weight is 374 g/mol. The molecule has 2 atom stereocenters. The summed E-state index contributed by atoms with van der Waals surface area (Å²) in [6.07, 6.45) is -2.42. The topological polar surface area (TPSA) is 112 Å². The number of anilines is 1. The van der Waals surface area contributed by atoms with E-state index < -0.39 is 29.9 Å². The van der Waals surface area contributed by atoms with Crippen molar-refractivity contribution < 1.29 is 28.9 Å². The Morgan fingerprint density at radius 3 is 2.56 bits per heavy atom. The van der Waals surface area contributed by atoms with Crippen molar-refractivity contribution in [1.29, 1.82) is 5.26 Å². The van der Waals surface area contributed by atoms with Crippen LogP contribution in [0.25, 0.3) is 0 Å². The highest BCUT2D eigenvalue weighted by molar-refractivity contribution is 5.84. The first-order valence-electron chi connectivity index (χ1n) is 8.08. The quantitative estimate of drug-likeness (QED) is 0.687. The second-order valence-corrected chi connectivity index (χ2v) is 5.64. The number of aromatic hydroxyl groups is 1. The highest BCUT2D eigenvalue weighted by Crippen LogP contribution is 2.29. The summed E-state index contributed by atoms with van der Waals surface area (Å²) in [4.78, 5) is 12.3. The molecule has 1 amide bonds. The molecule has 142 valence electrons. The zero-order valence-corrected chi connectivity index (χ0v) is 14.6. The van der Waals surface area contributed by atoms with Gasteiger partial charge in [-0.05, 0) is 42.0 Å². The molecule has 0 heterocycles. The van der Waals surface area contributed by atoms with Crippen LogP contribution in [-0.2, 0) is 9.47 Å². The fourth-order valence-corrected chi connectivity index (χ4v) is 2.47. The van der Waals surface area contributed by atoms with Crippen LogP contribution >= 0.6 is 0 Å². The van der Waals surface area contributed by atoms with Crippen LogP contribution in [0.15, 0.2) is 42.5 Å². The number of nitriles is 1. The molecule has 8 heteroatoms. The minimum absolute atomic E-state index is 0.147. The number of phenols is 1. The van der Waals surface area contributed by atoms with E-state index in [4.69, 9.17) is 14.7 Å². The predicted molar refractivity (Wildman–Crippen MR) is 94.6 cm³/mol. The van der Waals surface area contributed by atoms with E-state index in [1.807, 2.05) is 6.07 Å². The van der Waals surface area contributed by atoms with Crippen molar-refractivity contribution in [2.45, 2.75) is 18.6 Å². The lowest BCUT2D eigenvalue weighted by Crippen LogP contribution is -2.29. The Bertz CT molecular complexity index is 820. The molecule has 0 aliphatic rings. The molecule has 0 aromatic heterocycles. The number of nitrogens with zero attached hydrogens (tertiary/aromatic N) is 1. The zero-order valence-electron chi connectivity index (χ0n) is 14.6. The lowest BCUT2D eigenvalue weighted by molar-refractivity contribution is -0.0307. The number of ether oxygens (including phenoxy) is 2. The molecule has 0 spiro atoms. The van der Waals surface area contributed by atoms with Crippen LogP contribution < -0.4 is 5.32 Å². The first-order chi connectivity index (χ1) is 13.0. The summed E-state index contributed by atoms with van der Waals surface area (Å²) in [6, 6.07) is 11.7. The van der Waals surface area contributed by atoms with Crippen LogP contribution in [0.1, 0.15) is 23.7 Å². The average Bonchev–Trinajstić information content (AvgIpc) is 2.67. The molecule has 0 saturated carbocycles. The van der Waals surface area contributed by atoms with Crippen molar-refractivity contribution >= 4 is 11.8 Å². The van der Waals surface area contributed by atoms with Crippen molar-refractivity contribution in [3.8, 4) is 11.8 Å². The molecule has 0 aliphatic heterocycles. The summed E-state index contributed by atoms with van der Waals surface area (Å²) in [6.45, 7) is -0.226. The Morgan fingerprint density at radius 2 is 2.00 bits per heavy atom. The lowest BCUT2D eigenvalue weighted by atomic mass is 10.0. The lowest BCUT2D eigenvalue weighted by Gasteiger charge is -2.26. The number of benzene rings is 2. The molecule has 0 aliphatic carbocycles. The van der Waals surface area contributed by atoms with Gasteiger partial charge in [-0.2, -0.15) is 5.26 Å². The van der Waals surface area contributed by atoms with Crippen molar-refractivity contribution in [3.63, 3.8) is 0 Å². The van der Waals surface area contributed by atoms with Crippen molar-refractivity contribution in [2.75, 3.05) is 19.0 Å². The second-order valence-electron chi connectivity index (χ2n) is 5.64. The summed E-state index contributed by atoms with van der Waals surface area (Å²) in [5.41, 5.74) is 1.11. The molecule has 7 nitrogen and oxygen atoms in total. The number of amides is 1. The fraction of sp³-hybridized carbons (Fsp3) is 0.263. The summed E-state index contributed by atoms with van der Waals surface area (Å²) in [7, 11) is 1.38. The van der Waals surface area contributed by atoms with Gasteiger partial charge in [0.05, 0.1) is 11.6 Å². The number of aliphatic hydroxyl groups is 1. The maximum absolute atomic E-state index is 13.7. The Hall–Kier alpha value is -3.15. The number of rotatable bonds is 7. The van der Waals surface area contributed by atoms with Crippen LogP contribution in [0.5, 0.6) is 5.75 Å². The van der Waals surface area contributed by atoms with E-state index in [1.54, 1.807) is 0 Å². The number of methoxy groups -OCH3 is 1. The van der Waals surface area contributed by atoms with Gasteiger partial charge in [0.2, 0.25) is 0 Å². The van der Waals surface area contributed by atoms with E-state index in [1.165, 1.54) is 37.4 Å². The van der Waals surface area contributed by atoms with E-state index in [0.717, 1.165) is 12.1 Å². The van der Waals surface area contributed by atoms with Gasteiger partial charge in [0.15, 0.2) is 17.7 Å². The maximum Gasteiger partial charge on any atom is 0.412 e. The number of carbonyl (C=O) groups excluding carboxylic acids is 1. The molecule has 0 radical (unpaired) electrons. The molecule has 27 heavy (non-hydrogen) atoms. The van der Waals surface area contributed by atoms with Crippen LogP contribution in [0, 0.1) is 17.1 Å². The maximum atomic E-state index is 13.7. The monoisotopic (exact) mass is 374 g/mol. The van der Waals surface area contributed by atoms with Crippen LogP contribution in [0.2, 0.25) is 0 Å². The second kappa shape index (κ2) is 9.52. The third-order valence-electron chi connectivity index (χ3n) is 3.85. The molecule has 2 rings (SSSR count). The number of phenolic OH excluding ortho intramolecular Hbond substituents is 1. The number of hydrogen-bond acceptors (Lipinski definition) is 6. The van der Waals surface area contributed by atoms with Crippen LogP contribution in [0.4, 0.5) is 14.9 Å². The number of hydrogen-bond donors (Lipinski definition) is 3. The highest BCUT2D eigenvalue weighted by Gasteiger charge is 2.28. The molecule has 0 unspecified atom stereocenters. The standard InChI is InChI=1S/C19H19FN2O5/c1-26-17(8-9-23)18(13-4-7-16(24)15(20)10-13)27-19(25)22-14-5-2-12(11-21)3-6-14/h2-7,10,17-18,23-24H,8-9H2,1H3,(H,22,25)/t17-,18-/m0/s1. The van der Waals surface area contributed by atoms with Gasteiger partial charge in [-0.1, -0.05) is 6.07 Å². The van der Waals surface area contributed by atoms with Gasteiger partial charge in [-0.25, -0.2) is 9.18 Å². The Kier molecular flexibility index (Phi) is 7.11. The van der Waals surface area contributed by atoms with Gasteiger partial charge in [-0.15, -0.1) is 0 Å². The largest absolute Gasteiger partial charge is 0.505 e. The van der Waals surface area contributed by atoms with E-state index in [0.29, 0.717) is 11.3 Å². The Balaban J connectivity index is 2.20. The Morgan fingerprint density at radius 1 is 1.30 bits per heavy atom. The molecule has 0 fully saturated rings. The molecular formula is C19H19FN2O5. The Labute approximate surface area is 155 Å². The first kappa shape index (κ1) is 20.2. The van der Waals surface area contributed by atoms with Crippen molar-refractivity contribution in [1.82, 2.24) is 0 Å². The molecule has 0 bridgehead atoms. The molecular weight excluding hydrogens is 355 g/mol. The number of carbonyl (C=O) groups is 1. The van der Waals surface area contributed by atoms with E-state index in [9.17, 15) is 19.4 Å². The van der Waals surface area contributed by atoms with Gasteiger partial charge >= 0.3 is 6.09 Å².